The zero-order valence-corrected chi connectivity index (χ0v) is 9.55. The Morgan fingerprint density at radius 1 is 1.26 bits per heavy atom. The second-order valence-electron chi connectivity index (χ2n) is 3.25. The fourth-order valence-electron chi connectivity index (χ4n) is 1.01. The average Bonchev–Trinajstić information content (AvgIpc) is 2.34. The number of rotatable bonds is 3. The standard InChI is InChI=1S/C12H9F4NO2/c13-9-5-1-2-6-10(9)19-8-4-3-7-17-11(18)12(14,15)16/h1-2,5-6H,7-8H2,(H,17,18). The number of amides is 1. The number of carbonyl (C=O) groups is 1. The first-order valence-corrected chi connectivity index (χ1v) is 5.09. The zero-order chi connectivity index (χ0) is 14.3. The minimum Gasteiger partial charge on any atom is -0.478 e. The van der Waals surface area contributed by atoms with Gasteiger partial charge in [0.15, 0.2) is 11.6 Å². The molecule has 1 aromatic rings. The normalized spacial score (nSPS) is 10.3. The van der Waals surface area contributed by atoms with E-state index < -0.39 is 24.4 Å². The molecule has 0 fully saturated rings. The molecule has 0 radical (unpaired) electrons. The zero-order valence-electron chi connectivity index (χ0n) is 9.55. The largest absolute Gasteiger partial charge is 0.478 e. The predicted molar refractivity (Wildman–Crippen MR) is 58.7 cm³/mol. The van der Waals surface area contributed by atoms with E-state index in [0.29, 0.717) is 0 Å². The first-order chi connectivity index (χ1) is 8.91. The van der Waals surface area contributed by atoms with Crippen LogP contribution in [0.1, 0.15) is 0 Å². The fourth-order valence-corrected chi connectivity index (χ4v) is 1.01. The summed E-state index contributed by atoms with van der Waals surface area (Å²) in [5.74, 6) is 1.97. The van der Waals surface area contributed by atoms with E-state index in [2.05, 4.69) is 11.8 Å². The van der Waals surface area contributed by atoms with Crippen LogP contribution in [0.5, 0.6) is 5.75 Å². The van der Waals surface area contributed by atoms with E-state index in [0.717, 1.165) is 0 Å². The number of carbonyl (C=O) groups excluding carboxylic acids is 1. The van der Waals surface area contributed by atoms with E-state index in [1.54, 1.807) is 11.4 Å². The van der Waals surface area contributed by atoms with Crippen LogP contribution in [0.3, 0.4) is 0 Å². The summed E-state index contributed by atoms with van der Waals surface area (Å²) in [6.45, 7) is -0.651. The number of ether oxygens (including phenoxy) is 1. The first kappa shape index (κ1) is 14.8. The Balaban J connectivity index is 2.30. The van der Waals surface area contributed by atoms with Crippen molar-refractivity contribution >= 4 is 5.91 Å². The highest BCUT2D eigenvalue weighted by Crippen LogP contribution is 2.15. The van der Waals surface area contributed by atoms with Gasteiger partial charge in [-0.05, 0) is 12.1 Å². The molecule has 0 aliphatic rings. The third kappa shape index (κ3) is 5.29. The summed E-state index contributed by atoms with van der Waals surface area (Å²) < 4.78 is 53.3. The van der Waals surface area contributed by atoms with Crippen LogP contribution < -0.4 is 10.1 Å². The first-order valence-electron chi connectivity index (χ1n) is 5.09. The molecule has 0 bridgehead atoms. The second kappa shape index (κ2) is 6.64. The van der Waals surface area contributed by atoms with Gasteiger partial charge in [0.2, 0.25) is 0 Å². The predicted octanol–water partition coefficient (Wildman–Crippen LogP) is 1.89. The SMILES string of the molecule is O=C(NCC#CCOc1ccccc1F)C(F)(F)F. The number of hydrogen-bond donors (Lipinski definition) is 1. The van der Waals surface area contributed by atoms with Crippen molar-refractivity contribution in [2.45, 2.75) is 6.18 Å². The maximum absolute atomic E-state index is 13.0. The summed E-state index contributed by atoms with van der Waals surface area (Å²) in [7, 11) is 0. The Labute approximate surface area is 106 Å². The van der Waals surface area contributed by atoms with Gasteiger partial charge in [0, 0.05) is 0 Å². The van der Waals surface area contributed by atoms with Crippen LogP contribution in [0.15, 0.2) is 24.3 Å². The van der Waals surface area contributed by atoms with Crippen molar-refractivity contribution in [3.8, 4) is 17.6 Å². The molecule has 0 aliphatic heterocycles. The van der Waals surface area contributed by atoms with Crippen molar-refractivity contribution in [1.29, 1.82) is 0 Å². The summed E-state index contributed by atoms with van der Waals surface area (Å²) in [6, 6.07) is 5.64. The Morgan fingerprint density at radius 3 is 2.58 bits per heavy atom. The van der Waals surface area contributed by atoms with Crippen LogP contribution in [0, 0.1) is 17.7 Å². The van der Waals surface area contributed by atoms with E-state index in [9.17, 15) is 22.4 Å². The van der Waals surface area contributed by atoms with Gasteiger partial charge in [0.1, 0.15) is 6.61 Å². The molecule has 0 aromatic heterocycles. The molecule has 102 valence electrons. The molecule has 0 spiro atoms. The minimum absolute atomic E-state index is 0.00359. The topological polar surface area (TPSA) is 38.3 Å². The number of hydrogen-bond acceptors (Lipinski definition) is 2. The molecule has 0 unspecified atom stereocenters. The van der Waals surface area contributed by atoms with Gasteiger partial charge < -0.3 is 10.1 Å². The van der Waals surface area contributed by atoms with Crippen molar-refractivity contribution in [2.24, 2.45) is 0 Å². The van der Waals surface area contributed by atoms with Crippen LogP contribution in [0.4, 0.5) is 17.6 Å². The van der Waals surface area contributed by atoms with Crippen LogP contribution in [0.25, 0.3) is 0 Å². The molecule has 1 N–H and O–H groups in total. The monoisotopic (exact) mass is 275 g/mol. The molecule has 1 amide bonds. The highest BCUT2D eigenvalue weighted by atomic mass is 19.4. The number of nitrogens with one attached hydrogen (secondary N) is 1. The van der Waals surface area contributed by atoms with E-state index in [4.69, 9.17) is 4.74 Å². The van der Waals surface area contributed by atoms with Crippen molar-refractivity contribution < 1.29 is 27.1 Å². The molecule has 7 heteroatoms. The third-order valence-electron chi connectivity index (χ3n) is 1.86. The van der Waals surface area contributed by atoms with Gasteiger partial charge in [0.05, 0.1) is 6.54 Å². The van der Waals surface area contributed by atoms with Gasteiger partial charge in [-0.15, -0.1) is 0 Å². The van der Waals surface area contributed by atoms with E-state index in [-0.39, 0.29) is 12.4 Å². The van der Waals surface area contributed by atoms with Gasteiger partial charge >= 0.3 is 12.1 Å². The minimum atomic E-state index is -4.93. The van der Waals surface area contributed by atoms with Crippen molar-refractivity contribution in [3.63, 3.8) is 0 Å². The summed E-state index contributed by atoms with van der Waals surface area (Å²) in [5, 5.41) is 1.57. The van der Waals surface area contributed by atoms with Crippen molar-refractivity contribution in [2.75, 3.05) is 13.2 Å². The molecule has 3 nitrogen and oxygen atoms in total. The lowest BCUT2D eigenvalue weighted by Gasteiger charge is -2.04. The summed E-state index contributed by atoms with van der Waals surface area (Å²) in [4.78, 5) is 10.4. The van der Waals surface area contributed by atoms with E-state index >= 15 is 0 Å². The number of halogens is 4. The van der Waals surface area contributed by atoms with Gasteiger partial charge in [-0.25, -0.2) is 4.39 Å². The van der Waals surface area contributed by atoms with Gasteiger partial charge in [-0.3, -0.25) is 4.79 Å². The highest BCUT2D eigenvalue weighted by molar-refractivity contribution is 5.81. The smallest absolute Gasteiger partial charge is 0.471 e. The van der Waals surface area contributed by atoms with Gasteiger partial charge in [-0.2, -0.15) is 13.2 Å². The van der Waals surface area contributed by atoms with Crippen molar-refractivity contribution in [1.82, 2.24) is 5.32 Å². The molecule has 0 saturated carbocycles. The molecule has 0 saturated heterocycles. The maximum atomic E-state index is 13.0. The van der Waals surface area contributed by atoms with E-state index in [1.165, 1.54) is 18.2 Å². The molecule has 0 aliphatic carbocycles. The van der Waals surface area contributed by atoms with E-state index in [1.807, 2.05) is 0 Å². The quantitative estimate of drug-likeness (QED) is 0.675. The molecule has 0 heterocycles. The lowest BCUT2D eigenvalue weighted by Crippen LogP contribution is -2.36. The lowest BCUT2D eigenvalue weighted by atomic mass is 10.3. The molecular formula is C12H9F4NO2. The maximum Gasteiger partial charge on any atom is 0.471 e. The molecular weight excluding hydrogens is 266 g/mol. The average molecular weight is 275 g/mol. The van der Waals surface area contributed by atoms with Crippen molar-refractivity contribution in [3.05, 3.63) is 30.1 Å². The Hall–Kier alpha value is -2.23. The lowest BCUT2D eigenvalue weighted by molar-refractivity contribution is -0.173. The Kier molecular flexibility index (Phi) is 5.18. The van der Waals surface area contributed by atoms with Crippen LogP contribution in [-0.2, 0) is 4.79 Å². The number of para-hydroxylation sites is 1. The van der Waals surface area contributed by atoms with Crippen LogP contribution in [-0.4, -0.2) is 25.2 Å². The van der Waals surface area contributed by atoms with Crippen LogP contribution in [0.2, 0.25) is 0 Å². The fraction of sp³-hybridized carbons (Fsp3) is 0.250. The molecule has 1 rings (SSSR count). The summed E-state index contributed by atoms with van der Waals surface area (Å²) in [5.41, 5.74) is 0. The molecule has 1 aromatic carbocycles. The third-order valence-corrected chi connectivity index (χ3v) is 1.86. The number of benzene rings is 1. The number of alkyl halides is 3. The van der Waals surface area contributed by atoms with Gasteiger partial charge in [0.25, 0.3) is 0 Å². The Bertz CT molecular complexity index is 502. The molecule has 19 heavy (non-hydrogen) atoms. The van der Waals surface area contributed by atoms with Crippen LogP contribution >= 0.6 is 0 Å². The van der Waals surface area contributed by atoms with Gasteiger partial charge in [-0.1, -0.05) is 24.0 Å². The Morgan fingerprint density at radius 2 is 1.95 bits per heavy atom. The highest BCUT2D eigenvalue weighted by Gasteiger charge is 2.38. The molecule has 0 atom stereocenters. The summed E-state index contributed by atoms with van der Waals surface area (Å²) in [6.07, 6.45) is -4.93. The second-order valence-corrected chi connectivity index (χ2v) is 3.25. The summed E-state index contributed by atoms with van der Waals surface area (Å²) >= 11 is 0.